The highest BCUT2D eigenvalue weighted by Crippen LogP contribution is 2.35. The molecule has 0 spiro atoms. The second-order valence-electron chi connectivity index (χ2n) is 8.67. The van der Waals surface area contributed by atoms with Gasteiger partial charge in [0.2, 0.25) is 0 Å². The number of hydrogen-bond donors (Lipinski definition) is 1. The molecule has 0 aromatic carbocycles. The number of methoxy groups -OCH3 is 1. The molecule has 6 rings (SSSR count). The summed E-state index contributed by atoms with van der Waals surface area (Å²) in [5.41, 5.74) is 4.43. The normalized spacial score (nSPS) is 12.6. The lowest BCUT2D eigenvalue weighted by Crippen LogP contribution is -2.26. The summed E-state index contributed by atoms with van der Waals surface area (Å²) < 4.78 is 7.12. The molecule has 0 aliphatic carbocycles. The Bertz CT molecular complexity index is 1710. The van der Waals surface area contributed by atoms with Gasteiger partial charge in [-0.1, -0.05) is 22.9 Å². The first-order chi connectivity index (χ1) is 18.4. The molecular formula is C26H20ClN7O3S. The van der Waals surface area contributed by atoms with Crippen molar-refractivity contribution in [3.63, 3.8) is 0 Å². The molecule has 0 saturated heterocycles. The Balaban J connectivity index is 1.22. The van der Waals surface area contributed by atoms with Gasteiger partial charge in [-0.15, -0.1) is 0 Å². The van der Waals surface area contributed by atoms with Gasteiger partial charge in [0.1, 0.15) is 10.9 Å². The number of nitrogens with zero attached hydrogens (tertiary/aromatic N) is 6. The van der Waals surface area contributed by atoms with Crippen LogP contribution in [0.25, 0.3) is 16.6 Å². The third-order valence-electron chi connectivity index (χ3n) is 6.26. The lowest BCUT2D eigenvalue weighted by molar-refractivity contribution is 0.0752. The van der Waals surface area contributed by atoms with Crippen molar-refractivity contribution < 1.29 is 14.3 Å². The van der Waals surface area contributed by atoms with E-state index in [0.29, 0.717) is 46.2 Å². The van der Waals surface area contributed by atoms with Crippen LogP contribution in [0.1, 0.15) is 37.0 Å². The van der Waals surface area contributed by atoms with Crippen molar-refractivity contribution in [1.29, 1.82) is 0 Å². The van der Waals surface area contributed by atoms with Gasteiger partial charge < -0.3 is 9.64 Å². The van der Waals surface area contributed by atoms with Gasteiger partial charge in [0, 0.05) is 29.2 Å². The van der Waals surface area contributed by atoms with Gasteiger partial charge in [0.05, 0.1) is 59.8 Å². The molecule has 190 valence electrons. The number of ether oxygens (including phenoxy) is 1. The number of thiazole rings is 1. The number of fused-ring (bicyclic) bond motifs is 2. The Hall–Kier alpha value is -4.35. The van der Waals surface area contributed by atoms with Crippen LogP contribution in [0.5, 0.6) is 5.75 Å². The maximum Gasteiger partial charge on any atom is 0.259 e. The van der Waals surface area contributed by atoms with E-state index in [-0.39, 0.29) is 17.0 Å². The fraction of sp³-hybridized carbons (Fsp3) is 0.154. The number of pyridine rings is 3. The summed E-state index contributed by atoms with van der Waals surface area (Å²) >= 11 is 7.49. The molecule has 0 fully saturated rings. The van der Waals surface area contributed by atoms with E-state index >= 15 is 0 Å². The van der Waals surface area contributed by atoms with Crippen LogP contribution in [-0.4, -0.2) is 48.4 Å². The third-order valence-corrected chi connectivity index (χ3v) is 7.46. The van der Waals surface area contributed by atoms with Crippen LogP contribution >= 0.6 is 22.9 Å². The molecule has 0 atom stereocenters. The van der Waals surface area contributed by atoms with Crippen molar-refractivity contribution in [2.75, 3.05) is 12.4 Å². The number of amides is 2. The Labute approximate surface area is 225 Å². The van der Waals surface area contributed by atoms with Gasteiger partial charge >= 0.3 is 0 Å². The van der Waals surface area contributed by atoms with E-state index in [9.17, 15) is 9.59 Å². The lowest BCUT2D eigenvalue weighted by atomic mass is 10.0. The number of aryl methyl sites for hydroxylation is 1. The number of anilines is 1. The summed E-state index contributed by atoms with van der Waals surface area (Å²) in [6.45, 7) is 2.62. The second-order valence-corrected chi connectivity index (χ2v) is 10.1. The molecule has 10 nitrogen and oxygen atoms in total. The zero-order chi connectivity index (χ0) is 26.4. The third kappa shape index (κ3) is 4.25. The van der Waals surface area contributed by atoms with Crippen LogP contribution in [0.2, 0.25) is 5.15 Å². The molecule has 1 aliphatic heterocycles. The first-order valence-electron chi connectivity index (χ1n) is 11.6. The summed E-state index contributed by atoms with van der Waals surface area (Å²) in [7, 11) is 1.53. The number of carbonyl (C=O) groups excluding carboxylic acids is 2. The van der Waals surface area contributed by atoms with E-state index in [4.69, 9.17) is 16.3 Å². The number of carbonyl (C=O) groups is 2. The molecule has 5 aromatic rings. The van der Waals surface area contributed by atoms with E-state index in [0.717, 1.165) is 21.8 Å². The highest BCUT2D eigenvalue weighted by atomic mass is 35.5. The zero-order valence-corrected chi connectivity index (χ0v) is 21.9. The van der Waals surface area contributed by atoms with Gasteiger partial charge in [-0.3, -0.25) is 19.9 Å². The van der Waals surface area contributed by atoms with Crippen LogP contribution < -0.4 is 10.1 Å². The summed E-state index contributed by atoms with van der Waals surface area (Å²) in [5, 5.41) is 7.82. The van der Waals surface area contributed by atoms with Gasteiger partial charge in [-0.05, 0) is 37.3 Å². The lowest BCUT2D eigenvalue weighted by Gasteiger charge is -2.16. The van der Waals surface area contributed by atoms with Gasteiger partial charge in [0.15, 0.2) is 5.13 Å². The minimum atomic E-state index is -0.366. The zero-order valence-electron chi connectivity index (χ0n) is 20.3. The van der Waals surface area contributed by atoms with Crippen LogP contribution in [0.3, 0.4) is 0 Å². The largest absolute Gasteiger partial charge is 0.494 e. The van der Waals surface area contributed by atoms with Gasteiger partial charge in [-0.2, -0.15) is 5.10 Å². The summed E-state index contributed by atoms with van der Waals surface area (Å²) in [4.78, 5) is 42.2. The molecule has 5 aromatic heterocycles. The quantitative estimate of drug-likeness (QED) is 0.320. The van der Waals surface area contributed by atoms with E-state index in [1.165, 1.54) is 30.8 Å². The van der Waals surface area contributed by atoms with Gasteiger partial charge in [0.25, 0.3) is 11.8 Å². The van der Waals surface area contributed by atoms with Crippen LogP contribution in [0, 0.1) is 6.92 Å². The maximum atomic E-state index is 13.3. The molecule has 1 aliphatic rings. The van der Waals surface area contributed by atoms with Gasteiger partial charge in [-0.25, -0.2) is 14.5 Å². The molecule has 1 N–H and O–H groups in total. The predicted molar refractivity (Wildman–Crippen MR) is 143 cm³/mol. The van der Waals surface area contributed by atoms with Crippen molar-refractivity contribution in [1.82, 2.24) is 29.5 Å². The molecule has 0 bridgehead atoms. The summed E-state index contributed by atoms with van der Waals surface area (Å²) in [5.74, 6) is 0.0288. The van der Waals surface area contributed by atoms with Crippen molar-refractivity contribution >= 4 is 45.4 Å². The minimum absolute atomic E-state index is 0.0905. The number of halogens is 1. The molecule has 6 heterocycles. The number of hydrogen-bond acceptors (Lipinski definition) is 8. The Morgan fingerprint density at radius 3 is 2.79 bits per heavy atom. The van der Waals surface area contributed by atoms with Crippen molar-refractivity contribution in [3.05, 3.63) is 87.7 Å². The number of rotatable bonds is 5. The minimum Gasteiger partial charge on any atom is -0.494 e. The highest BCUT2D eigenvalue weighted by molar-refractivity contribution is 7.16. The Morgan fingerprint density at radius 1 is 1.11 bits per heavy atom. The SMILES string of the molecule is COc1cnc(Cl)cc1-c1cc(C)ncc1C(=O)Nc1nc2c(s1)CN(C(=O)c1cccn3nccc13)C2. The fourth-order valence-corrected chi connectivity index (χ4v) is 5.60. The van der Waals surface area contributed by atoms with E-state index in [1.54, 1.807) is 46.1 Å². The molecule has 2 amide bonds. The van der Waals surface area contributed by atoms with Crippen LogP contribution in [-0.2, 0) is 13.1 Å². The van der Waals surface area contributed by atoms with E-state index in [1.807, 2.05) is 13.0 Å². The molecule has 0 radical (unpaired) electrons. The first kappa shape index (κ1) is 24.0. The maximum absolute atomic E-state index is 13.3. The average Bonchev–Trinajstić information content (AvgIpc) is 3.63. The standard InChI is InChI=1S/C26H20ClN7O3S/c1-14-8-16(17-9-23(27)29-11-21(17)37-2)18(10-28-14)24(35)32-26-31-19-12-33(13-22(19)38-26)25(36)15-4-3-7-34-20(15)5-6-30-34/h3-11H,12-13H2,1-2H3,(H,31,32,35). The van der Waals surface area contributed by atoms with Crippen molar-refractivity contribution in [2.24, 2.45) is 0 Å². The van der Waals surface area contributed by atoms with Crippen molar-refractivity contribution in [3.8, 4) is 16.9 Å². The molecular weight excluding hydrogens is 526 g/mol. The molecule has 0 saturated carbocycles. The van der Waals surface area contributed by atoms with Crippen molar-refractivity contribution in [2.45, 2.75) is 20.0 Å². The smallest absolute Gasteiger partial charge is 0.259 e. The highest BCUT2D eigenvalue weighted by Gasteiger charge is 2.29. The van der Waals surface area contributed by atoms with E-state index in [2.05, 4.69) is 25.4 Å². The average molecular weight is 546 g/mol. The second kappa shape index (κ2) is 9.51. The van der Waals surface area contributed by atoms with E-state index < -0.39 is 0 Å². The topological polar surface area (TPSA) is 115 Å². The molecule has 38 heavy (non-hydrogen) atoms. The molecule has 12 heteroatoms. The molecule has 0 unspecified atom stereocenters. The predicted octanol–water partition coefficient (Wildman–Crippen LogP) is 4.63. The van der Waals surface area contributed by atoms with Crippen LogP contribution in [0.15, 0.2) is 55.1 Å². The Morgan fingerprint density at radius 2 is 1.97 bits per heavy atom. The fourth-order valence-electron chi connectivity index (χ4n) is 4.46. The monoisotopic (exact) mass is 545 g/mol. The summed E-state index contributed by atoms with van der Waals surface area (Å²) in [6, 6.07) is 8.86. The number of nitrogens with one attached hydrogen (secondary N) is 1. The van der Waals surface area contributed by atoms with Crippen LogP contribution in [0.4, 0.5) is 5.13 Å². The summed E-state index contributed by atoms with van der Waals surface area (Å²) in [6.07, 6.45) is 6.50. The first-order valence-corrected chi connectivity index (χ1v) is 12.8. The Kier molecular flexibility index (Phi) is 6.01. The number of aromatic nitrogens is 5.